The molecule has 1 fully saturated rings. The summed E-state index contributed by atoms with van der Waals surface area (Å²) in [6.45, 7) is 3.72. The van der Waals surface area contributed by atoms with Gasteiger partial charge >= 0.3 is 5.97 Å². The molecule has 1 heterocycles. The number of aryl methyl sites for hydroxylation is 1. The Morgan fingerprint density at radius 3 is 2.66 bits per heavy atom. The second-order valence-corrected chi connectivity index (χ2v) is 8.43. The van der Waals surface area contributed by atoms with Gasteiger partial charge in [0.1, 0.15) is 12.2 Å². The van der Waals surface area contributed by atoms with E-state index in [4.69, 9.17) is 14.2 Å². The molecule has 0 bridgehead atoms. The van der Waals surface area contributed by atoms with Crippen LogP contribution in [0.25, 0.3) is 0 Å². The molecule has 5 nitrogen and oxygen atoms in total. The molecule has 2 rings (SSSR count). The highest BCUT2D eigenvalue weighted by atomic mass is 32.2. The van der Waals surface area contributed by atoms with Crippen LogP contribution in [0, 0.1) is 0 Å². The molecule has 1 aliphatic heterocycles. The van der Waals surface area contributed by atoms with Crippen LogP contribution in [0.15, 0.2) is 29.2 Å². The first-order valence-corrected chi connectivity index (χ1v) is 11.8. The third kappa shape index (κ3) is 10.8. The van der Waals surface area contributed by atoms with Crippen LogP contribution in [-0.2, 0) is 30.2 Å². The average molecular weight is 423 g/mol. The lowest BCUT2D eigenvalue weighted by molar-refractivity contribution is -0.162. The Balaban J connectivity index is 1.49. The van der Waals surface area contributed by atoms with Gasteiger partial charge in [-0.05, 0) is 68.4 Å². The van der Waals surface area contributed by atoms with Gasteiger partial charge in [-0.25, -0.2) is 0 Å². The molecule has 1 atom stereocenters. The van der Waals surface area contributed by atoms with Crippen LogP contribution in [-0.4, -0.2) is 43.6 Å². The van der Waals surface area contributed by atoms with Gasteiger partial charge in [-0.2, -0.15) is 0 Å². The summed E-state index contributed by atoms with van der Waals surface area (Å²) in [5.41, 5.74) is 1.33. The number of hydrogen-bond donors (Lipinski definition) is 0. The second-order valence-electron chi connectivity index (χ2n) is 7.26. The van der Waals surface area contributed by atoms with E-state index in [1.54, 1.807) is 6.92 Å². The molecule has 1 unspecified atom stereocenters. The fraction of sp³-hybridized carbons (Fsp3) is 0.652. The van der Waals surface area contributed by atoms with Crippen LogP contribution >= 0.6 is 11.8 Å². The Kier molecular flexibility index (Phi) is 12.0. The number of carbonyl (C=O) groups is 2. The van der Waals surface area contributed by atoms with Crippen molar-refractivity contribution in [1.82, 2.24) is 0 Å². The van der Waals surface area contributed by atoms with E-state index in [1.165, 1.54) is 16.9 Å². The molecule has 0 N–H and O–H groups in total. The van der Waals surface area contributed by atoms with Crippen molar-refractivity contribution in [1.29, 1.82) is 0 Å². The summed E-state index contributed by atoms with van der Waals surface area (Å²) in [6.07, 6.45) is 7.49. The summed E-state index contributed by atoms with van der Waals surface area (Å²) in [5, 5.41) is 0. The number of esters is 1. The maximum atomic E-state index is 11.4. The Hall–Kier alpha value is -1.37. The number of benzene rings is 1. The van der Waals surface area contributed by atoms with Crippen LogP contribution in [0.4, 0.5) is 0 Å². The monoisotopic (exact) mass is 422 g/mol. The van der Waals surface area contributed by atoms with Crippen molar-refractivity contribution in [2.75, 3.05) is 25.6 Å². The number of hydrogen-bond acceptors (Lipinski definition) is 6. The highest BCUT2D eigenvalue weighted by Gasteiger charge is 2.13. The smallest absolute Gasteiger partial charge is 0.313 e. The molecule has 0 saturated carbocycles. The Morgan fingerprint density at radius 1 is 1.10 bits per heavy atom. The Morgan fingerprint density at radius 2 is 1.93 bits per heavy atom. The van der Waals surface area contributed by atoms with E-state index in [0.717, 1.165) is 57.5 Å². The van der Waals surface area contributed by atoms with E-state index in [2.05, 4.69) is 24.3 Å². The predicted molar refractivity (Wildman–Crippen MR) is 115 cm³/mol. The molecular weight excluding hydrogens is 388 g/mol. The fourth-order valence-electron chi connectivity index (χ4n) is 3.00. The van der Waals surface area contributed by atoms with Crippen LogP contribution in [0.3, 0.4) is 0 Å². The molecule has 162 valence electrons. The first kappa shape index (κ1) is 23.9. The molecule has 1 aliphatic rings. The molecule has 0 spiro atoms. The van der Waals surface area contributed by atoms with E-state index in [0.29, 0.717) is 13.0 Å². The SMILES string of the molecule is CCC(=O)CC(=O)OCCCCSc1ccc(CCCOC2CCCCO2)cc1. The number of carbonyl (C=O) groups excluding carboxylic acids is 2. The van der Waals surface area contributed by atoms with E-state index in [-0.39, 0.29) is 18.5 Å². The van der Waals surface area contributed by atoms with Gasteiger partial charge in [0.05, 0.1) is 13.2 Å². The van der Waals surface area contributed by atoms with Gasteiger partial charge in [-0.1, -0.05) is 19.1 Å². The summed E-state index contributed by atoms with van der Waals surface area (Å²) in [7, 11) is 0. The van der Waals surface area contributed by atoms with Crippen molar-refractivity contribution in [2.24, 2.45) is 0 Å². The van der Waals surface area contributed by atoms with Gasteiger partial charge in [-0.3, -0.25) is 9.59 Å². The number of Topliss-reactive ketones (excluding diaryl/α,β-unsaturated/α-hetero) is 1. The number of ether oxygens (including phenoxy) is 3. The lowest BCUT2D eigenvalue weighted by Gasteiger charge is -2.22. The van der Waals surface area contributed by atoms with Gasteiger partial charge < -0.3 is 14.2 Å². The zero-order valence-corrected chi connectivity index (χ0v) is 18.3. The quantitative estimate of drug-likeness (QED) is 0.183. The topological polar surface area (TPSA) is 61.8 Å². The number of ketones is 1. The molecule has 0 amide bonds. The van der Waals surface area contributed by atoms with Crippen molar-refractivity contribution in [3.05, 3.63) is 29.8 Å². The molecule has 0 radical (unpaired) electrons. The highest BCUT2D eigenvalue weighted by Crippen LogP contribution is 2.20. The largest absolute Gasteiger partial charge is 0.465 e. The average Bonchev–Trinajstić information content (AvgIpc) is 2.75. The summed E-state index contributed by atoms with van der Waals surface area (Å²) >= 11 is 1.81. The molecular formula is C23H34O5S. The summed E-state index contributed by atoms with van der Waals surface area (Å²) in [5.74, 6) is 0.511. The third-order valence-corrected chi connectivity index (χ3v) is 5.88. The molecule has 1 saturated heterocycles. The lowest BCUT2D eigenvalue weighted by atomic mass is 10.1. The molecule has 29 heavy (non-hydrogen) atoms. The van der Waals surface area contributed by atoms with E-state index in [9.17, 15) is 9.59 Å². The molecule has 0 aromatic heterocycles. The van der Waals surface area contributed by atoms with Gasteiger partial charge in [0.2, 0.25) is 0 Å². The van der Waals surface area contributed by atoms with Crippen molar-refractivity contribution in [3.8, 4) is 0 Å². The van der Waals surface area contributed by atoms with Gasteiger partial charge in [0.15, 0.2) is 6.29 Å². The molecule has 1 aromatic carbocycles. The van der Waals surface area contributed by atoms with E-state index in [1.807, 2.05) is 11.8 Å². The van der Waals surface area contributed by atoms with Crippen LogP contribution in [0.5, 0.6) is 0 Å². The lowest BCUT2D eigenvalue weighted by Crippen LogP contribution is -2.22. The van der Waals surface area contributed by atoms with Crippen LogP contribution in [0.1, 0.15) is 63.9 Å². The second kappa shape index (κ2) is 14.6. The summed E-state index contributed by atoms with van der Waals surface area (Å²) in [6, 6.07) is 8.71. The Bertz CT molecular complexity index is 596. The van der Waals surface area contributed by atoms with Crippen molar-refractivity contribution in [3.63, 3.8) is 0 Å². The third-order valence-electron chi connectivity index (χ3n) is 4.78. The normalized spacial score (nSPS) is 16.5. The number of unbranched alkanes of at least 4 members (excludes halogenated alkanes) is 1. The maximum absolute atomic E-state index is 11.4. The molecule has 1 aromatic rings. The van der Waals surface area contributed by atoms with Crippen LogP contribution in [0.2, 0.25) is 0 Å². The minimum Gasteiger partial charge on any atom is -0.465 e. The predicted octanol–water partition coefficient (Wildman–Crippen LogP) is 4.95. The Labute approximate surface area is 178 Å². The van der Waals surface area contributed by atoms with Crippen LogP contribution < -0.4 is 0 Å². The summed E-state index contributed by atoms with van der Waals surface area (Å²) < 4.78 is 16.4. The number of thioether (sulfide) groups is 1. The fourth-order valence-corrected chi connectivity index (χ4v) is 3.92. The molecule has 0 aliphatic carbocycles. The first-order valence-electron chi connectivity index (χ1n) is 10.8. The first-order chi connectivity index (χ1) is 14.2. The minimum absolute atomic E-state index is 0.00452. The van der Waals surface area contributed by atoms with Gasteiger partial charge in [0.25, 0.3) is 0 Å². The van der Waals surface area contributed by atoms with E-state index < -0.39 is 5.97 Å². The maximum Gasteiger partial charge on any atom is 0.313 e. The van der Waals surface area contributed by atoms with E-state index >= 15 is 0 Å². The van der Waals surface area contributed by atoms with Gasteiger partial charge in [0, 0.05) is 17.9 Å². The zero-order valence-electron chi connectivity index (χ0n) is 17.5. The molecule has 6 heteroatoms. The van der Waals surface area contributed by atoms with Crippen molar-refractivity contribution < 1.29 is 23.8 Å². The number of rotatable bonds is 14. The van der Waals surface area contributed by atoms with Gasteiger partial charge in [-0.15, -0.1) is 11.8 Å². The summed E-state index contributed by atoms with van der Waals surface area (Å²) in [4.78, 5) is 23.8. The standard InChI is InChI=1S/C23H34O5S/c1-2-20(24)18-22(25)26-14-5-6-17-29-21-12-10-19(11-13-21)8-7-16-28-23-9-3-4-15-27-23/h10-13,23H,2-9,14-18H2,1H3. The minimum atomic E-state index is -0.406. The highest BCUT2D eigenvalue weighted by molar-refractivity contribution is 7.99. The van der Waals surface area contributed by atoms with Crippen molar-refractivity contribution >= 4 is 23.5 Å². The zero-order chi connectivity index (χ0) is 20.7. The van der Waals surface area contributed by atoms with Crippen molar-refractivity contribution in [2.45, 2.75) is 75.9 Å².